The van der Waals surface area contributed by atoms with Crippen LogP contribution in [0.2, 0.25) is 0 Å². The third-order valence-corrected chi connectivity index (χ3v) is 3.46. The van der Waals surface area contributed by atoms with Crippen LogP contribution in [0.5, 0.6) is 0 Å². The van der Waals surface area contributed by atoms with E-state index in [-0.39, 0.29) is 17.7 Å². The maximum Gasteiger partial charge on any atom is 0.416 e. The van der Waals surface area contributed by atoms with Gasteiger partial charge in [0, 0.05) is 19.2 Å². The van der Waals surface area contributed by atoms with E-state index >= 15 is 0 Å². The maximum atomic E-state index is 12.7. The Hall–Kier alpha value is -2.51. The standard InChI is InChI=1S/C17H13F6NO/c1-24(10-11-4-2-6-13(8-11)16(18,19)20)15(25)12-5-3-7-14(9-12)17(21,22)23/h2-9H,10H2,1H3. The molecule has 0 spiro atoms. The van der Waals surface area contributed by atoms with Crippen molar-refractivity contribution in [2.45, 2.75) is 18.9 Å². The first-order chi connectivity index (χ1) is 11.5. The van der Waals surface area contributed by atoms with Gasteiger partial charge in [0.15, 0.2) is 0 Å². The lowest BCUT2D eigenvalue weighted by atomic mass is 10.1. The van der Waals surface area contributed by atoms with Crippen molar-refractivity contribution in [1.82, 2.24) is 4.90 Å². The maximum absolute atomic E-state index is 12.7. The molecule has 0 heterocycles. The van der Waals surface area contributed by atoms with Gasteiger partial charge in [-0.15, -0.1) is 0 Å². The van der Waals surface area contributed by atoms with Gasteiger partial charge in [-0.05, 0) is 35.9 Å². The minimum atomic E-state index is -4.59. The van der Waals surface area contributed by atoms with Crippen LogP contribution in [0.15, 0.2) is 48.5 Å². The third-order valence-electron chi connectivity index (χ3n) is 3.46. The van der Waals surface area contributed by atoms with E-state index in [0.717, 1.165) is 29.2 Å². The largest absolute Gasteiger partial charge is 0.416 e. The molecule has 25 heavy (non-hydrogen) atoms. The van der Waals surface area contributed by atoms with Gasteiger partial charge in [-0.3, -0.25) is 4.79 Å². The van der Waals surface area contributed by atoms with Crippen LogP contribution in [0.4, 0.5) is 26.3 Å². The zero-order valence-electron chi connectivity index (χ0n) is 12.9. The Morgan fingerprint density at radius 2 is 1.40 bits per heavy atom. The quantitative estimate of drug-likeness (QED) is 0.705. The Morgan fingerprint density at radius 3 is 1.96 bits per heavy atom. The fourth-order valence-electron chi connectivity index (χ4n) is 2.24. The first-order valence-corrected chi connectivity index (χ1v) is 7.07. The van der Waals surface area contributed by atoms with Crippen molar-refractivity contribution in [2.75, 3.05) is 7.05 Å². The number of rotatable bonds is 3. The highest BCUT2D eigenvalue weighted by Crippen LogP contribution is 2.31. The van der Waals surface area contributed by atoms with Crippen LogP contribution in [-0.4, -0.2) is 17.9 Å². The normalized spacial score (nSPS) is 12.1. The smallest absolute Gasteiger partial charge is 0.337 e. The highest BCUT2D eigenvalue weighted by molar-refractivity contribution is 5.94. The van der Waals surface area contributed by atoms with E-state index in [4.69, 9.17) is 0 Å². The monoisotopic (exact) mass is 361 g/mol. The molecule has 2 rings (SSSR count). The molecule has 1 amide bonds. The second-order valence-corrected chi connectivity index (χ2v) is 5.44. The average Bonchev–Trinajstić information content (AvgIpc) is 2.53. The molecular weight excluding hydrogens is 348 g/mol. The second-order valence-electron chi connectivity index (χ2n) is 5.44. The second kappa shape index (κ2) is 6.78. The summed E-state index contributed by atoms with van der Waals surface area (Å²) in [6.07, 6.45) is -9.10. The molecule has 8 heteroatoms. The van der Waals surface area contributed by atoms with Gasteiger partial charge < -0.3 is 4.90 Å². The number of benzene rings is 2. The van der Waals surface area contributed by atoms with Crippen molar-refractivity contribution in [3.05, 3.63) is 70.8 Å². The van der Waals surface area contributed by atoms with E-state index in [9.17, 15) is 31.1 Å². The van der Waals surface area contributed by atoms with Gasteiger partial charge >= 0.3 is 12.4 Å². The lowest BCUT2D eigenvalue weighted by Gasteiger charge is -2.19. The SMILES string of the molecule is CN(Cc1cccc(C(F)(F)F)c1)C(=O)c1cccc(C(F)(F)F)c1. The lowest BCUT2D eigenvalue weighted by Crippen LogP contribution is -2.26. The van der Waals surface area contributed by atoms with Crippen LogP contribution in [0.25, 0.3) is 0 Å². The summed E-state index contributed by atoms with van der Waals surface area (Å²) in [4.78, 5) is 13.3. The number of carbonyl (C=O) groups is 1. The predicted octanol–water partition coefficient (Wildman–Crippen LogP) is 5.00. The fraction of sp³-hybridized carbons (Fsp3) is 0.235. The fourth-order valence-corrected chi connectivity index (χ4v) is 2.24. The minimum absolute atomic E-state index is 0.168. The van der Waals surface area contributed by atoms with E-state index in [1.165, 1.54) is 25.2 Å². The van der Waals surface area contributed by atoms with Crippen LogP contribution in [-0.2, 0) is 18.9 Å². The summed E-state index contributed by atoms with van der Waals surface area (Å²) < 4.78 is 76.2. The summed E-state index contributed by atoms with van der Waals surface area (Å²) in [5.41, 5.74) is -1.79. The van der Waals surface area contributed by atoms with E-state index in [1.54, 1.807) is 0 Å². The molecule has 0 atom stereocenters. The number of halogens is 6. The minimum Gasteiger partial charge on any atom is -0.337 e. The number of amides is 1. The lowest BCUT2D eigenvalue weighted by molar-refractivity contribution is -0.138. The van der Waals surface area contributed by atoms with Gasteiger partial charge in [0.2, 0.25) is 0 Å². The van der Waals surface area contributed by atoms with Gasteiger partial charge in [-0.25, -0.2) is 0 Å². The van der Waals surface area contributed by atoms with Crippen molar-refractivity contribution in [1.29, 1.82) is 0 Å². The Bertz CT molecular complexity index is 766. The molecule has 0 aliphatic heterocycles. The van der Waals surface area contributed by atoms with Gasteiger partial charge in [0.25, 0.3) is 5.91 Å². The van der Waals surface area contributed by atoms with Crippen molar-refractivity contribution >= 4 is 5.91 Å². The van der Waals surface area contributed by atoms with Crippen LogP contribution in [0, 0.1) is 0 Å². The van der Waals surface area contributed by atoms with Crippen molar-refractivity contribution in [3.63, 3.8) is 0 Å². The van der Waals surface area contributed by atoms with Crippen molar-refractivity contribution in [2.24, 2.45) is 0 Å². The number of nitrogens with zero attached hydrogens (tertiary/aromatic N) is 1. The van der Waals surface area contributed by atoms with Crippen molar-refractivity contribution in [3.8, 4) is 0 Å². The molecule has 2 aromatic carbocycles. The molecule has 0 aromatic heterocycles. The van der Waals surface area contributed by atoms with E-state index in [1.807, 2.05) is 0 Å². The molecule has 0 radical (unpaired) electrons. The summed E-state index contributed by atoms with van der Waals surface area (Å²) in [6.45, 7) is -0.168. The van der Waals surface area contributed by atoms with Gasteiger partial charge in [0.05, 0.1) is 11.1 Å². The van der Waals surface area contributed by atoms with Crippen LogP contribution >= 0.6 is 0 Å². The summed E-state index contributed by atoms with van der Waals surface area (Å²) >= 11 is 0. The molecule has 0 unspecified atom stereocenters. The molecule has 0 aliphatic rings. The predicted molar refractivity (Wildman–Crippen MR) is 78.7 cm³/mol. The summed E-state index contributed by atoms with van der Waals surface area (Å²) in [5, 5.41) is 0. The molecule has 0 aliphatic carbocycles. The highest BCUT2D eigenvalue weighted by atomic mass is 19.4. The summed E-state index contributed by atoms with van der Waals surface area (Å²) in [7, 11) is 1.31. The third kappa shape index (κ3) is 4.74. The molecule has 0 saturated heterocycles. The van der Waals surface area contributed by atoms with E-state index in [2.05, 4.69) is 0 Å². The molecule has 0 saturated carbocycles. The molecule has 0 N–H and O–H groups in total. The van der Waals surface area contributed by atoms with E-state index in [0.29, 0.717) is 6.07 Å². The Labute approximate surface area is 139 Å². The molecular formula is C17H13F6NO. The Balaban J connectivity index is 2.19. The first kappa shape index (κ1) is 18.8. The molecule has 134 valence electrons. The number of carbonyl (C=O) groups excluding carboxylic acids is 1. The number of hydrogen-bond donors (Lipinski definition) is 0. The first-order valence-electron chi connectivity index (χ1n) is 7.07. The molecule has 2 nitrogen and oxygen atoms in total. The van der Waals surface area contributed by atoms with Gasteiger partial charge in [-0.1, -0.05) is 18.2 Å². The van der Waals surface area contributed by atoms with Crippen LogP contribution < -0.4 is 0 Å². The molecule has 0 fully saturated rings. The zero-order valence-corrected chi connectivity index (χ0v) is 12.9. The Morgan fingerprint density at radius 1 is 0.880 bits per heavy atom. The summed E-state index contributed by atoms with van der Waals surface area (Å²) in [5.74, 6) is -0.719. The average molecular weight is 361 g/mol. The molecule has 2 aromatic rings. The Kier molecular flexibility index (Phi) is 5.10. The van der Waals surface area contributed by atoms with Gasteiger partial charge in [-0.2, -0.15) is 26.3 Å². The topological polar surface area (TPSA) is 20.3 Å². The van der Waals surface area contributed by atoms with Crippen LogP contribution in [0.1, 0.15) is 27.0 Å². The summed E-state index contributed by atoms with van der Waals surface area (Å²) in [6, 6.07) is 8.29. The van der Waals surface area contributed by atoms with Crippen molar-refractivity contribution < 1.29 is 31.1 Å². The zero-order chi connectivity index (χ0) is 18.8. The van der Waals surface area contributed by atoms with Gasteiger partial charge in [0.1, 0.15) is 0 Å². The number of hydrogen-bond acceptors (Lipinski definition) is 1. The highest BCUT2D eigenvalue weighted by Gasteiger charge is 2.32. The molecule has 0 bridgehead atoms. The number of alkyl halides is 6. The van der Waals surface area contributed by atoms with Crippen LogP contribution in [0.3, 0.4) is 0 Å². The van der Waals surface area contributed by atoms with E-state index < -0.39 is 29.4 Å².